The Bertz CT molecular complexity index is 627. The minimum absolute atomic E-state index is 0.266. The Hall–Kier alpha value is -2.67. The van der Waals surface area contributed by atoms with Crippen molar-refractivity contribution in [3.8, 4) is 11.5 Å². The summed E-state index contributed by atoms with van der Waals surface area (Å²) in [5, 5.41) is 5.45. The molecule has 0 aliphatic heterocycles. The third kappa shape index (κ3) is 4.17. The van der Waals surface area contributed by atoms with E-state index in [1.807, 2.05) is 0 Å². The zero-order chi connectivity index (χ0) is 16.7. The fourth-order valence-electron chi connectivity index (χ4n) is 2.11. The molecule has 2 rings (SSSR count). The molecule has 2 amide bonds. The number of para-hydroxylation sites is 1. The SMILES string of the molecule is COc1cccc(NC(=O)NC[C@H](OC)c2ccco2)c1OC. The van der Waals surface area contributed by atoms with Crippen molar-refractivity contribution in [3.63, 3.8) is 0 Å². The molecule has 124 valence electrons. The second kappa shape index (κ2) is 8.09. The van der Waals surface area contributed by atoms with Gasteiger partial charge in [-0.3, -0.25) is 0 Å². The molecule has 2 N–H and O–H groups in total. The van der Waals surface area contributed by atoms with Gasteiger partial charge in [0, 0.05) is 7.11 Å². The normalized spacial score (nSPS) is 11.6. The van der Waals surface area contributed by atoms with E-state index in [-0.39, 0.29) is 18.7 Å². The minimum Gasteiger partial charge on any atom is -0.493 e. The smallest absolute Gasteiger partial charge is 0.319 e. The first kappa shape index (κ1) is 16.7. The standard InChI is InChI=1S/C16H20N2O5/c1-20-13-7-4-6-11(15(13)22-3)18-16(19)17-10-14(21-2)12-8-5-9-23-12/h4-9,14H,10H2,1-3H3,(H2,17,18,19)/t14-/m0/s1. The van der Waals surface area contributed by atoms with E-state index < -0.39 is 0 Å². The van der Waals surface area contributed by atoms with Gasteiger partial charge in [-0.1, -0.05) is 6.07 Å². The molecule has 0 aliphatic rings. The summed E-state index contributed by atoms with van der Waals surface area (Å²) in [5.41, 5.74) is 0.510. The Kier molecular flexibility index (Phi) is 5.87. The molecule has 1 aromatic carbocycles. The third-order valence-electron chi connectivity index (χ3n) is 3.24. The quantitative estimate of drug-likeness (QED) is 0.820. The van der Waals surface area contributed by atoms with Gasteiger partial charge in [-0.2, -0.15) is 0 Å². The minimum atomic E-state index is -0.384. The highest BCUT2D eigenvalue weighted by molar-refractivity contribution is 5.91. The van der Waals surface area contributed by atoms with Crippen molar-refractivity contribution in [1.29, 1.82) is 0 Å². The molecule has 7 heteroatoms. The van der Waals surface area contributed by atoms with E-state index in [4.69, 9.17) is 18.6 Å². The first-order valence-corrected chi connectivity index (χ1v) is 7.01. The number of ether oxygens (including phenoxy) is 3. The number of carbonyl (C=O) groups is 1. The largest absolute Gasteiger partial charge is 0.493 e. The van der Waals surface area contributed by atoms with Gasteiger partial charge in [-0.25, -0.2) is 4.79 Å². The molecule has 0 aliphatic carbocycles. The maximum Gasteiger partial charge on any atom is 0.319 e. The van der Waals surface area contributed by atoms with Crippen LogP contribution in [-0.2, 0) is 4.74 Å². The summed E-state index contributed by atoms with van der Waals surface area (Å²) >= 11 is 0. The van der Waals surface area contributed by atoms with Crippen LogP contribution in [0.2, 0.25) is 0 Å². The molecule has 1 aromatic heterocycles. The number of hydrogen-bond donors (Lipinski definition) is 2. The summed E-state index contributed by atoms with van der Waals surface area (Å²) in [6.07, 6.45) is 1.20. The zero-order valence-electron chi connectivity index (χ0n) is 13.3. The van der Waals surface area contributed by atoms with Gasteiger partial charge in [0.25, 0.3) is 0 Å². The first-order valence-electron chi connectivity index (χ1n) is 7.01. The summed E-state index contributed by atoms with van der Waals surface area (Å²) < 4.78 is 21.0. The molecule has 23 heavy (non-hydrogen) atoms. The lowest BCUT2D eigenvalue weighted by atomic mass is 10.2. The average Bonchev–Trinajstić information content (AvgIpc) is 3.09. The summed E-state index contributed by atoms with van der Waals surface area (Å²) in [6.45, 7) is 0.266. The fourth-order valence-corrected chi connectivity index (χ4v) is 2.11. The van der Waals surface area contributed by atoms with Crippen LogP contribution in [0.5, 0.6) is 11.5 Å². The van der Waals surface area contributed by atoms with E-state index in [0.717, 1.165) is 0 Å². The van der Waals surface area contributed by atoms with Crippen molar-refractivity contribution in [1.82, 2.24) is 5.32 Å². The number of urea groups is 1. The van der Waals surface area contributed by atoms with E-state index in [2.05, 4.69) is 10.6 Å². The molecule has 1 heterocycles. The topological polar surface area (TPSA) is 82.0 Å². The first-order chi connectivity index (χ1) is 11.2. The predicted octanol–water partition coefficient (Wildman–Crippen LogP) is 2.81. The van der Waals surface area contributed by atoms with E-state index in [9.17, 15) is 4.79 Å². The van der Waals surface area contributed by atoms with Crippen molar-refractivity contribution in [2.75, 3.05) is 33.2 Å². The van der Waals surface area contributed by atoms with Gasteiger partial charge in [0.15, 0.2) is 11.5 Å². The number of furan rings is 1. The molecule has 0 radical (unpaired) electrons. The molecule has 0 unspecified atom stereocenters. The third-order valence-corrected chi connectivity index (χ3v) is 3.24. The van der Waals surface area contributed by atoms with E-state index in [0.29, 0.717) is 22.9 Å². The van der Waals surface area contributed by atoms with Crippen LogP contribution in [0.4, 0.5) is 10.5 Å². The van der Waals surface area contributed by atoms with Gasteiger partial charge in [-0.15, -0.1) is 0 Å². The van der Waals surface area contributed by atoms with Crippen LogP contribution in [0.15, 0.2) is 41.0 Å². The van der Waals surface area contributed by atoms with Crippen molar-refractivity contribution in [2.45, 2.75) is 6.10 Å². The molecule has 0 bridgehead atoms. The monoisotopic (exact) mass is 320 g/mol. The van der Waals surface area contributed by atoms with Crippen LogP contribution in [0, 0.1) is 0 Å². The number of hydrogen-bond acceptors (Lipinski definition) is 5. The molecule has 0 fully saturated rings. The second-order valence-electron chi connectivity index (χ2n) is 4.62. The Morgan fingerprint density at radius 1 is 1.17 bits per heavy atom. The Balaban J connectivity index is 1.97. The number of amides is 2. The van der Waals surface area contributed by atoms with Gasteiger partial charge in [0.05, 0.1) is 32.7 Å². The molecule has 0 saturated heterocycles. The number of nitrogens with one attached hydrogen (secondary N) is 2. The molecular weight excluding hydrogens is 300 g/mol. The highest BCUT2D eigenvalue weighted by atomic mass is 16.5. The molecule has 7 nitrogen and oxygen atoms in total. The molecule has 2 aromatic rings. The van der Waals surface area contributed by atoms with Crippen LogP contribution >= 0.6 is 0 Å². The Morgan fingerprint density at radius 2 is 2.00 bits per heavy atom. The lowest BCUT2D eigenvalue weighted by molar-refractivity contribution is 0.0855. The van der Waals surface area contributed by atoms with Crippen molar-refractivity contribution >= 4 is 11.7 Å². The summed E-state index contributed by atoms with van der Waals surface area (Å²) in [6, 6.07) is 8.41. The van der Waals surface area contributed by atoms with Gasteiger partial charge in [-0.05, 0) is 24.3 Å². The number of rotatable bonds is 7. The average molecular weight is 320 g/mol. The van der Waals surface area contributed by atoms with Crippen LogP contribution < -0.4 is 20.1 Å². The molecule has 1 atom stereocenters. The van der Waals surface area contributed by atoms with Gasteiger partial charge >= 0.3 is 6.03 Å². The second-order valence-corrected chi connectivity index (χ2v) is 4.62. The van der Waals surface area contributed by atoms with E-state index in [1.54, 1.807) is 43.7 Å². The maximum atomic E-state index is 12.1. The van der Waals surface area contributed by atoms with Crippen molar-refractivity contribution in [3.05, 3.63) is 42.4 Å². The number of anilines is 1. The van der Waals surface area contributed by atoms with Crippen LogP contribution in [0.1, 0.15) is 11.9 Å². The summed E-state index contributed by atoms with van der Waals surface area (Å²) in [4.78, 5) is 12.1. The number of benzene rings is 1. The summed E-state index contributed by atoms with van der Waals surface area (Å²) in [5.74, 6) is 1.64. The number of carbonyl (C=O) groups excluding carboxylic acids is 1. The van der Waals surface area contributed by atoms with Crippen LogP contribution in [0.3, 0.4) is 0 Å². The van der Waals surface area contributed by atoms with Crippen molar-refractivity contribution < 1.29 is 23.4 Å². The Morgan fingerprint density at radius 3 is 2.61 bits per heavy atom. The van der Waals surface area contributed by atoms with E-state index >= 15 is 0 Å². The fraction of sp³-hybridized carbons (Fsp3) is 0.312. The van der Waals surface area contributed by atoms with Crippen LogP contribution in [0.25, 0.3) is 0 Å². The molecular formula is C16H20N2O5. The molecule has 0 saturated carbocycles. The van der Waals surface area contributed by atoms with Crippen LogP contribution in [-0.4, -0.2) is 33.9 Å². The lowest BCUT2D eigenvalue weighted by Crippen LogP contribution is -2.33. The number of methoxy groups -OCH3 is 3. The van der Waals surface area contributed by atoms with E-state index in [1.165, 1.54) is 14.2 Å². The highest BCUT2D eigenvalue weighted by Crippen LogP contribution is 2.34. The van der Waals surface area contributed by atoms with Gasteiger partial charge in [0.1, 0.15) is 11.9 Å². The van der Waals surface area contributed by atoms with Gasteiger partial charge < -0.3 is 29.3 Å². The Labute approximate surface area is 134 Å². The highest BCUT2D eigenvalue weighted by Gasteiger charge is 2.16. The predicted molar refractivity (Wildman–Crippen MR) is 85.0 cm³/mol. The zero-order valence-corrected chi connectivity index (χ0v) is 13.3. The van der Waals surface area contributed by atoms with Gasteiger partial charge in [0.2, 0.25) is 0 Å². The summed E-state index contributed by atoms with van der Waals surface area (Å²) in [7, 11) is 4.60. The lowest BCUT2D eigenvalue weighted by Gasteiger charge is -2.16. The molecule has 0 spiro atoms. The maximum absolute atomic E-state index is 12.1. The van der Waals surface area contributed by atoms with Crippen molar-refractivity contribution in [2.24, 2.45) is 0 Å².